The van der Waals surface area contributed by atoms with Gasteiger partial charge in [0.15, 0.2) is 5.52 Å². The van der Waals surface area contributed by atoms with Gasteiger partial charge in [0.25, 0.3) is 5.52 Å². The van der Waals surface area contributed by atoms with Crippen LogP contribution in [0.1, 0.15) is 23.1 Å². The first-order chi connectivity index (χ1) is 8.34. The lowest BCUT2D eigenvalue weighted by Gasteiger charge is -2.05. The van der Waals surface area contributed by atoms with E-state index in [1.807, 2.05) is 0 Å². The summed E-state index contributed by atoms with van der Waals surface area (Å²) in [7, 11) is 0. The molecule has 18 heavy (non-hydrogen) atoms. The van der Waals surface area contributed by atoms with Crippen LogP contribution in [0.2, 0.25) is 10.0 Å². The van der Waals surface area contributed by atoms with E-state index in [9.17, 15) is 14.9 Å². The maximum Gasteiger partial charge on any atom is 0.328 e. The van der Waals surface area contributed by atoms with E-state index in [-0.39, 0.29) is 32.5 Å². The Bertz CT molecular complexity index is 737. The molecule has 0 saturated carbocycles. The van der Waals surface area contributed by atoms with Gasteiger partial charge >= 0.3 is 5.69 Å². The summed E-state index contributed by atoms with van der Waals surface area (Å²) in [6.45, 7) is 2.72. The van der Waals surface area contributed by atoms with Crippen molar-refractivity contribution in [1.29, 1.82) is 0 Å². The average molecular weight is 288 g/mol. The molecule has 0 fully saturated rings. The Morgan fingerprint density at radius 2 is 1.89 bits per heavy atom. The smallest absolute Gasteiger partial charge is 0.328 e. The molecule has 0 unspecified atom stereocenters. The lowest BCUT2D eigenvalue weighted by Crippen LogP contribution is -2.29. The maximum absolute atomic E-state index is 12.1. The van der Waals surface area contributed by atoms with Crippen LogP contribution in [0.15, 0.2) is 12.1 Å². The van der Waals surface area contributed by atoms with Crippen LogP contribution in [-0.4, -0.2) is 15.7 Å². The monoisotopic (exact) mass is 287 g/mol. The zero-order chi connectivity index (χ0) is 13.6. The minimum Gasteiger partial charge on any atom is -0.428 e. The number of aromatic nitrogens is 2. The minimum atomic E-state index is -0.446. The molecule has 2 rings (SSSR count). The van der Waals surface area contributed by atoms with Gasteiger partial charge in [-0.2, -0.15) is 4.73 Å². The van der Waals surface area contributed by atoms with Crippen molar-refractivity contribution in [3.05, 3.63) is 38.5 Å². The predicted octanol–water partition coefficient (Wildman–Crippen LogP) is 2.61. The number of hydrogen-bond acceptors (Lipinski definition) is 3. The summed E-state index contributed by atoms with van der Waals surface area (Å²) in [4.78, 5) is 23.5. The van der Waals surface area contributed by atoms with Crippen LogP contribution in [0.4, 0.5) is 0 Å². The Kier molecular flexibility index (Phi) is 3.04. The van der Waals surface area contributed by atoms with E-state index < -0.39 is 5.78 Å². The summed E-state index contributed by atoms with van der Waals surface area (Å²) in [6, 6.07) is 2.68. The summed E-state index contributed by atoms with van der Waals surface area (Å²) in [5, 5.41) is 10.3. The number of fused-ring (bicyclic) bond motifs is 1. The van der Waals surface area contributed by atoms with Gasteiger partial charge in [-0.25, -0.2) is 0 Å². The Balaban J connectivity index is 3.08. The van der Waals surface area contributed by atoms with Crippen LogP contribution in [0.5, 0.6) is 0 Å². The first-order valence-corrected chi connectivity index (χ1v) is 5.77. The molecule has 0 aliphatic rings. The highest BCUT2D eigenvalue weighted by molar-refractivity contribution is 6.42. The fourth-order valence-corrected chi connectivity index (χ4v) is 2.12. The third kappa shape index (κ3) is 1.76. The van der Waals surface area contributed by atoms with E-state index >= 15 is 0 Å². The number of nitrogens with zero attached hydrogens (tertiary/aromatic N) is 2. The van der Waals surface area contributed by atoms with Crippen molar-refractivity contribution >= 4 is 40.0 Å². The molecule has 1 aromatic heterocycles. The Morgan fingerprint density at radius 3 is 2.44 bits per heavy atom. The average Bonchev–Trinajstić information content (AvgIpc) is 2.29. The van der Waals surface area contributed by atoms with Crippen molar-refractivity contribution in [2.45, 2.75) is 13.8 Å². The third-order valence-electron chi connectivity index (χ3n) is 2.66. The zero-order valence-corrected chi connectivity index (χ0v) is 11.1. The molecule has 1 heterocycles. The van der Waals surface area contributed by atoms with E-state index in [0.717, 1.165) is 4.73 Å². The molecule has 5 nitrogen and oxygen atoms in total. The normalized spacial score (nSPS) is 10.9. The molecule has 7 heteroatoms. The number of ketones is 1. The quantitative estimate of drug-likeness (QED) is 0.498. The molecule has 1 N–H and O–H groups in total. The van der Waals surface area contributed by atoms with Gasteiger partial charge in [-0.3, -0.25) is 4.79 Å². The predicted molar refractivity (Wildman–Crippen MR) is 67.3 cm³/mol. The molecule has 2 aromatic rings. The van der Waals surface area contributed by atoms with Crippen molar-refractivity contribution in [3.63, 3.8) is 0 Å². The molecule has 0 spiro atoms. The van der Waals surface area contributed by atoms with E-state index in [4.69, 9.17) is 23.2 Å². The van der Waals surface area contributed by atoms with Crippen LogP contribution in [-0.2, 0) is 0 Å². The number of benzene rings is 1. The second-order valence-electron chi connectivity index (χ2n) is 3.85. The van der Waals surface area contributed by atoms with Crippen LogP contribution in [0.25, 0.3) is 11.0 Å². The minimum absolute atomic E-state index is 0.0719. The topological polar surface area (TPSA) is 65.2 Å². The van der Waals surface area contributed by atoms with E-state index in [2.05, 4.69) is 0 Å². The van der Waals surface area contributed by atoms with E-state index in [0.29, 0.717) is 4.43 Å². The van der Waals surface area contributed by atoms with Gasteiger partial charge in [-0.1, -0.05) is 23.2 Å². The number of rotatable bonds is 1. The highest BCUT2D eigenvalue weighted by atomic mass is 35.5. The lowest BCUT2D eigenvalue weighted by atomic mass is 10.2. The van der Waals surface area contributed by atoms with Gasteiger partial charge in [-0.15, -0.1) is 0 Å². The largest absolute Gasteiger partial charge is 0.428 e. The molecular weight excluding hydrogens is 279 g/mol. The number of hydrogen-bond donors (Lipinski definition) is 1. The van der Waals surface area contributed by atoms with Gasteiger partial charge in [-0.05, 0) is 13.0 Å². The number of carbonyl (C=O) groups excluding carboxylic acids is 1. The molecule has 0 aliphatic carbocycles. The number of carbonyl (C=O) groups is 1. The number of Topliss-reactive ketones (excluding diaryl/α,β-unsaturated/α-hetero) is 1. The van der Waals surface area contributed by atoms with Crippen molar-refractivity contribution < 1.29 is 14.4 Å². The summed E-state index contributed by atoms with van der Waals surface area (Å²) in [6.07, 6.45) is 0. The van der Waals surface area contributed by atoms with Crippen molar-refractivity contribution in [2.75, 3.05) is 0 Å². The maximum atomic E-state index is 12.1. The molecule has 0 radical (unpaired) electrons. The van der Waals surface area contributed by atoms with Crippen LogP contribution in [0, 0.1) is 11.8 Å². The molecule has 0 atom stereocenters. The Morgan fingerprint density at radius 1 is 1.33 bits per heavy atom. The summed E-state index contributed by atoms with van der Waals surface area (Å²) >= 11 is 11.7. The number of halogens is 2. The summed E-state index contributed by atoms with van der Waals surface area (Å²) in [5.74, 6) is -0.446. The highest BCUT2D eigenvalue weighted by Crippen LogP contribution is 2.26. The van der Waals surface area contributed by atoms with E-state index in [1.165, 1.54) is 26.0 Å². The fourth-order valence-electron chi connectivity index (χ4n) is 1.80. The molecule has 0 bridgehead atoms. The van der Waals surface area contributed by atoms with Gasteiger partial charge in [0.1, 0.15) is 5.69 Å². The summed E-state index contributed by atoms with van der Waals surface area (Å²) in [5.41, 5.74) is 0.261. The van der Waals surface area contributed by atoms with Crippen LogP contribution >= 0.6 is 23.2 Å². The Hall–Kier alpha value is -1.59. The fraction of sp³-hybridized carbons (Fsp3) is 0.182. The molecule has 94 valence electrons. The molecule has 0 saturated heterocycles. The molecular formula is C11H9Cl2N2O3+. The highest BCUT2D eigenvalue weighted by Gasteiger charge is 2.26. The second-order valence-corrected chi connectivity index (χ2v) is 4.67. The van der Waals surface area contributed by atoms with Crippen molar-refractivity contribution in [3.8, 4) is 0 Å². The lowest BCUT2D eigenvalue weighted by molar-refractivity contribution is -0.468. The van der Waals surface area contributed by atoms with Crippen molar-refractivity contribution in [2.24, 2.45) is 0 Å². The Labute approximate surface area is 112 Å². The van der Waals surface area contributed by atoms with Gasteiger partial charge in [0, 0.05) is 17.9 Å². The van der Waals surface area contributed by atoms with Gasteiger partial charge in [0.05, 0.1) is 14.5 Å². The van der Waals surface area contributed by atoms with E-state index in [1.54, 1.807) is 0 Å². The molecule has 1 aromatic carbocycles. The SMILES string of the molecule is CC(=O)c1c(C)n(O)c2cc(Cl)c(Cl)cc2[n+]1=O. The van der Waals surface area contributed by atoms with Crippen LogP contribution < -0.4 is 4.43 Å². The first-order valence-electron chi connectivity index (χ1n) is 5.01. The van der Waals surface area contributed by atoms with Crippen molar-refractivity contribution in [1.82, 2.24) is 4.73 Å². The van der Waals surface area contributed by atoms with Gasteiger partial charge < -0.3 is 5.21 Å². The van der Waals surface area contributed by atoms with Crippen LogP contribution in [0.3, 0.4) is 0 Å². The zero-order valence-electron chi connectivity index (χ0n) is 9.57. The summed E-state index contributed by atoms with van der Waals surface area (Å²) < 4.78 is 1.20. The first kappa shape index (κ1) is 12.9. The molecule has 0 aliphatic heterocycles. The second kappa shape index (κ2) is 4.26. The third-order valence-corrected chi connectivity index (χ3v) is 3.38. The standard InChI is InChI=1S/C11H9Cl2N2O3/c1-5-11(6(2)16)15(18)10-4-8(13)7(12)3-9(10)14(5)17/h3-4,17H,1-2H3/q+1. The molecule has 0 amide bonds. The van der Waals surface area contributed by atoms with Gasteiger partial charge in [0.2, 0.25) is 5.78 Å².